The van der Waals surface area contributed by atoms with Crippen molar-refractivity contribution in [2.24, 2.45) is 0 Å². The molecule has 2 nitrogen and oxygen atoms in total. The number of alkyl halides is 2. The van der Waals surface area contributed by atoms with Crippen LogP contribution in [0, 0.1) is 0 Å². The number of rotatable bonds is 1. The molecule has 0 aromatic carbocycles. The Morgan fingerprint density at radius 3 is 2.29 bits per heavy atom. The Balaban J connectivity index is 1.83. The van der Waals surface area contributed by atoms with Crippen LogP contribution in [0.2, 0.25) is 0 Å². The summed E-state index contributed by atoms with van der Waals surface area (Å²) in [6.07, 6.45) is 1.24. The van der Waals surface area contributed by atoms with Gasteiger partial charge in [0.25, 0.3) is 5.92 Å². The van der Waals surface area contributed by atoms with Gasteiger partial charge in [-0.2, -0.15) is 0 Å². The van der Waals surface area contributed by atoms with Gasteiger partial charge in [-0.3, -0.25) is 4.90 Å². The van der Waals surface area contributed by atoms with Gasteiger partial charge in [-0.25, -0.2) is 8.78 Å². The van der Waals surface area contributed by atoms with Crippen molar-refractivity contribution >= 4 is 0 Å². The van der Waals surface area contributed by atoms with Crippen LogP contribution in [0.5, 0.6) is 0 Å². The van der Waals surface area contributed by atoms with E-state index in [1.807, 2.05) is 0 Å². The van der Waals surface area contributed by atoms with Crippen LogP contribution in [0.25, 0.3) is 0 Å². The molecule has 0 amide bonds. The Kier molecular flexibility index (Phi) is 2.75. The van der Waals surface area contributed by atoms with Crippen molar-refractivity contribution < 1.29 is 8.78 Å². The van der Waals surface area contributed by atoms with Gasteiger partial charge in [0.15, 0.2) is 0 Å². The van der Waals surface area contributed by atoms with Gasteiger partial charge in [0.2, 0.25) is 0 Å². The third kappa shape index (κ3) is 2.23. The van der Waals surface area contributed by atoms with E-state index in [1.54, 1.807) is 0 Å². The molecule has 1 atom stereocenters. The second kappa shape index (κ2) is 3.74. The fraction of sp³-hybridized carbons (Fsp3) is 1.00. The minimum absolute atomic E-state index is 0.0488. The van der Waals surface area contributed by atoms with Gasteiger partial charge in [0.1, 0.15) is 0 Å². The number of halogens is 2. The van der Waals surface area contributed by atoms with Gasteiger partial charge in [0.05, 0.1) is 0 Å². The van der Waals surface area contributed by atoms with Crippen molar-refractivity contribution in [3.8, 4) is 0 Å². The van der Waals surface area contributed by atoms with Gasteiger partial charge in [-0.1, -0.05) is 0 Å². The fourth-order valence-corrected chi connectivity index (χ4v) is 2.43. The van der Waals surface area contributed by atoms with E-state index in [2.05, 4.69) is 16.8 Å². The molecule has 2 heterocycles. The summed E-state index contributed by atoms with van der Waals surface area (Å²) in [5, 5.41) is 0. The molecule has 0 spiro atoms. The summed E-state index contributed by atoms with van der Waals surface area (Å²) in [5.41, 5.74) is 0. The van der Waals surface area contributed by atoms with Gasteiger partial charge in [-0.05, 0) is 20.0 Å². The van der Waals surface area contributed by atoms with E-state index in [4.69, 9.17) is 0 Å². The van der Waals surface area contributed by atoms with Crippen LogP contribution in [0.1, 0.15) is 19.3 Å². The molecular weight excluding hydrogens is 186 g/mol. The van der Waals surface area contributed by atoms with Crippen LogP contribution in [0.15, 0.2) is 0 Å². The van der Waals surface area contributed by atoms with E-state index in [9.17, 15) is 8.78 Å². The maximum atomic E-state index is 12.9. The second-order valence-corrected chi connectivity index (χ2v) is 4.60. The zero-order valence-electron chi connectivity index (χ0n) is 8.68. The highest BCUT2D eigenvalue weighted by Crippen LogP contribution is 2.29. The van der Waals surface area contributed by atoms with E-state index in [0.717, 1.165) is 19.5 Å². The molecule has 0 aromatic heterocycles. The van der Waals surface area contributed by atoms with Crippen molar-refractivity contribution in [1.82, 2.24) is 9.80 Å². The highest BCUT2D eigenvalue weighted by Gasteiger charge is 2.37. The summed E-state index contributed by atoms with van der Waals surface area (Å²) in [6, 6.07) is 0.524. The largest absolute Gasteiger partial charge is 0.305 e. The summed E-state index contributed by atoms with van der Waals surface area (Å²) in [4.78, 5) is 4.51. The molecule has 0 radical (unpaired) electrons. The summed E-state index contributed by atoms with van der Waals surface area (Å²) in [5.74, 6) is -2.40. The molecule has 14 heavy (non-hydrogen) atoms. The Hall–Kier alpha value is -0.220. The van der Waals surface area contributed by atoms with Gasteiger partial charge < -0.3 is 4.90 Å². The molecule has 0 unspecified atom stereocenters. The average Bonchev–Trinajstić information content (AvgIpc) is 2.52. The average molecular weight is 204 g/mol. The van der Waals surface area contributed by atoms with Crippen LogP contribution in [-0.4, -0.2) is 55.0 Å². The predicted molar refractivity (Wildman–Crippen MR) is 51.7 cm³/mol. The lowest BCUT2D eigenvalue weighted by atomic mass is 10.0. The monoisotopic (exact) mass is 204 g/mol. The lowest BCUT2D eigenvalue weighted by Gasteiger charge is -2.35. The molecule has 4 heteroatoms. The van der Waals surface area contributed by atoms with Crippen LogP contribution >= 0.6 is 0 Å². The Morgan fingerprint density at radius 2 is 1.79 bits per heavy atom. The summed E-state index contributed by atoms with van der Waals surface area (Å²) in [7, 11) is 2.10. The van der Waals surface area contributed by atoms with Crippen molar-refractivity contribution in [1.29, 1.82) is 0 Å². The number of nitrogens with zero attached hydrogens (tertiary/aromatic N) is 2. The highest BCUT2D eigenvalue weighted by atomic mass is 19.3. The minimum atomic E-state index is -2.40. The van der Waals surface area contributed by atoms with Crippen LogP contribution < -0.4 is 0 Å². The van der Waals surface area contributed by atoms with Crippen molar-refractivity contribution in [2.75, 3.05) is 33.2 Å². The Morgan fingerprint density at radius 1 is 1.14 bits per heavy atom. The fourth-order valence-electron chi connectivity index (χ4n) is 2.43. The summed E-state index contributed by atoms with van der Waals surface area (Å²) < 4.78 is 25.8. The molecule has 0 N–H and O–H groups in total. The number of likely N-dealkylation sites (tertiary alicyclic amines) is 2. The molecule has 2 fully saturated rings. The van der Waals surface area contributed by atoms with Crippen LogP contribution in [0.4, 0.5) is 8.78 Å². The number of hydrogen-bond donors (Lipinski definition) is 0. The molecule has 0 saturated carbocycles. The predicted octanol–water partition coefficient (Wildman–Crippen LogP) is 1.42. The molecule has 0 aromatic rings. The number of piperidine rings is 1. The Labute approximate surface area is 83.9 Å². The Bertz CT molecular complexity index is 198. The van der Waals surface area contributed by atoms with E-state index >= 15 is 0 Å². The number of likely N-dealkylation sites (N-methyl/N-ethyl adjacent to an activating group) is 1. The first-order valence-corrected chi connectivity index (χ1v) is 5.37. The molecule has 82 valence electrons. The van der Waals surface area contributed by atoms with E-state index in [0.29, 0.717) is 19.1 Å². The van der Waals surface area contributed by atoms with E-state index in [1.165, 1.54) is 0 Å². The standard InChI is InChI=1S/C10H18F2N2/c1-13-5-2-9(8-13)14-6-3-10(11,12)4-7-14/h9H,2-8H2,1H3/t9-/m0/s1. The van der Waals surface area contributed by atoms with Crippen LogP contribution in [-0.2, 0) is 0 Å². The van der Waals surface area contributed by atoms with Gasteiger partial charge >= 0.3 is 0 Å². The molecule has 0 aliphatic carbocycles. The second-order valence-electron chi connectivity index (χ2n) is 4.60. The smallest absolute Gasteiger partial charge is 0.250 e. The van der Waals surface area contributed by atoms with Crippen molar-refractivity contribution in [2.45, 2.75) is 31.2 Å². The van der Waals surface area contributed by atoms with Crippen LogP contribution in [0.3, 0.4) is 0 Å². The lowest BCUT2D eigenvalue weighted by Crippen LogP contribution is -2.45. The summed E-state index contributed by atoms with van der Waals surface area (Å²) >= 11 is 0. The highest BCUT2D eigenvalue weighted by molar-refractivity contribution is 4.86. The SMILES string of the molecule is CN1CC[C@H](N2CCC(F)(F)CC2)C1. The zero-order chi connectivity index (χ0) is 10.2. The third-order valence-electron chi connectivity index (χ3n) is 3.41. The summed E-state index contributed by atoms with van der Waals surface area (Å²) in [6.45, 7) is 3.31. The molecule has 2 saturated heterocycles. The van der Waals surface area contributed by atoms with Gasteiger partial charge in [-0.15, -0.1) is 0 Å². The lowest BCUT2D eigenvalue weighted by molar-refractivity contribution is -0.0620. The molecular formula is C10H18F2N2. The topological polar surface area (TPSA) is 6.48 Å². The third-order valence-corrected chi connectivity index (χ3v) is 3.41. The van der Waals surface area contributed by atoms with Crippen molar-refractivity contribution in [3.05, 3.63) is 0 Å². The molecule has 2 aliphatic heterocycles. The first-order valence-electron chi connectivity index (χ1n) is 5.37. The zero-order valence-corrected chi connectivity index (χ0v) is 8.68. The molecule has 0 bridgehead atoms. The maximum Gasteiger partial charge on any atom is 0.250 e. The molecule has 2 aliphatic rings. The molecule has 2 rings (SSSR count). The minimum Gasteiger partial charge on any atom is -0.305 e. The first-order chi connectivity index (χ1) is 6.57. The first kappa shape index (κ1) is 10.3. The van der Waals surface area contributed by atoms with Gasteiger partial charge in [0, 0.05) is 38.5 Å². The van der Waals surface area contributed by atoms with E-state index in [-0.39, 0.29) is 12.8 Å². The van der Waals surface area contributed by atoms with Crippen molar-refractivity contribution in [3.63, 3.8) is 0 Å². The van der Waals surface area contributed by atoms with E-state index < -0.39 is 5.92 Å². The quantitative estimate of drug-likeness (QED) is 0.637. The maximum absolute atomic E-state index is 12.9. The normalized spacial score (nSPS) is 34.9. The number of hydrogen-bond acceptors (Lipinski definition) is 2.